The molecule has 0 aliphatic carbocycles. The molecule has 172 valence electrons. The van der Waals surface area contributed by atoms with Gasteiger partial charge < -0.3 is 24.5 Å². The second-order valence-corrected chi connectivity index (χ2v) is 14.3. The van der Waals surface area contributed by atoms with Crippen molar-refractivity contribution in [3.63, 3.8) is 0 Å². The fraction of sp³-hybridized carbons (Fsp3) is 0.762. The molecule has 1 rings (SSSR count). The van der Waals surface area contributed by atoms with Crippen molar-refractivity contribution >= 4 is 26.3 Å². The summed E-state index contributed by atoms with van der Waals surface area (Å²) in [6, 6.07) is -0.479. The third-order valence-electron chi connectivity index (χ3n) is 6.19. The number of rotatable bonds is 11. The van der Waals surface area contributed by atoms with E-state index in [1.165, 1.54) is 11.0 Å². The topological polar surface area (TPSA) is 105 Å². The first kappa shape index (κ1) is 26.2. The van der Waals surface area contributed by atoms with E-state index in [9.17, 15) is 19.5 Å². The van der Waals surface area contributed by atoms with Crippen LogP contribution in [0, 0.1) is 11.8 Å². The fourth-order valence-electron chi connectivity index (χ4n) is 3.32. The lowest BCUT2D eigenvalue weighted by atomic mass is 9.76. The summed E-state index contributed by atoms with van der Waals surface area (Å²) in [6.45, 7) is 16.5. The molecule has 1 aliphatic heterocycles. The number of aliphatic carboxylic acids is 1. The van der Waals surface area contributed by atoms with Crippen LogP contribution < -0.4 is 5.32 Å². The molecule has 4 atom stereocenters. The molecular formula is C21H38N2O6Si. The van der Waals surface area contributed by atoms with E-state index < -0.39 is 38.3 Å². The van der Waals surface area contributed by atoms with Crippen molar-refractivity contribution in [1.29, 1.82) is 0 Å². The first-order valence-corrected chi connectivity index (χ1v) is 13.3. The maximum atomic E-state index is 12.3. The Morgan fingerprint density at radius 3 is 2.43 bits per heavy atom. The highest BCUT2D eigenvalue weighted by Crippen LogP contribution is 2.39. The van der Waals surface area contributed by atoms with Crippen LogP contribution in [-0.4, -0.2) is 68.6 Å². The minimum Gasteiger partial charge on any atom is -0.481 e. The van der Waals surface area contributed by atoms with Crippen molar-refractivity contribution in [1.82, 2.24) is 10.2 Å². The van der Waals surface area contributed by atoms with E-state index in [1.807, 2.05) is 6.92 Å². The van der Waals surface area contributed by atoms with Gasteiger partial charge in [0.05, 0.1) is 24.0 Å². The Hall–Kier alpha value is -1.87. The van der Waals surface area contributed by atoms with Crippen molar-refractivity contribution in [2.24, 2.45) is 11.8 Å². The van der Waals surface area contributed by atoms with Crippen LogP contribution in [0.4, 0.5) is 4.79 Å². The second-order valence-electron chi connectivity index (χ2n) is 9.52. The van der Waals surface area contributed by atoms with Crippen LogP contribution in [0.15, 0.2) is 12.7 Å². The molecule has 0 unspecified atom stereocenters. The van der Waals surface area contributed by atoms with Crippen LogP contribution in [0.1, 0.15) is 40.5 Å². The Kier molecular flexibility index (Phi) is 9.10. The average Bonchev–Trinajstić information content (AvgIpc) is 2.59. The average molecular weight is 443 g/mol. The largest absolute Gasteiger partial charge is 0.481 e. The van der Waals surface area contributed by atoms with Crippen LogP contribution in [0.2, 0.25) is 18.1 Å². The van der Waals surface area contributed by atoms with Crippen molar-refractivity contribution in [2.75, 3.05) is 20.2 Å². The SMILES string of the molecule is C=CCOC(=O)N(C)CCC[C@@H](C(=O)O)[C@H]1NC(=O)[C@@H]1[C@@H](C)O[Si](C)(C)C(C)(C)C. The van der Waals surface area contributed by atoms with Crippen molar-refractivity contribution in [3.8, 4) is 0 Å². The molecule has 0 spiro atoms. The van der Waals surface area contributed by atoms with Crippen LogP contribution in [0.3, 0.4) is 0 Å². The maximum absolute atomic E-state index is 12.3. The molecule has 1 saturated heterocycles. The highest BCUT2D eigenvalue weighted by molar-refractivity contribution is 6.74. The summed E-state index contributed by atoms with van der Waals surface area (Å²) < 4.78 is 11.3. The number of nitrogens with one attached hydrogen (secondary N) is 1. The Balaban J connectivity index is 2.73. The maximum Gasteiger partial charge on any atom is 0.409 e. The summed E-state index contributed by atoms with van der Waals surface area (Å²) in [6.07, 6.45) is 1.46. The first-order valence-electron chi connectivity index (χ1n) is 10.4. The molecule has 2 amide bonds. The summed E-state index contributed by atoms with van der Waals surface area (Å²) in [7, 11) is -0.489. The predicted molar refractivity (Wildman–Crippen MR) is 118 cm³/mol. The molecule has 1 aliphatic rings. The molecule has 1 fully saturated rings. The van der Waals surface area contributed by atoms with Crippen LogP contribution >= 0.6 is 0 Å². The van der Waals surface area contributed by atoms with Gasteiger partial charge in [-0.15, -0.1) is 0 Å². The van der Waals surface area contributed by atoms with Crippen LogP contribution in [-0.2, 0) is 18.8 Å². The number of hydrogen-bond acceptors (Lipinski definition) is 5. The third-order valence-corrected chi connectivity index (χ3v) is 10.8. The zero-order valence-corrected chi connectivity index (χ0v) is 20.4. The summed E-state index contributed by atoms with van der Waals surface area (Å²) in [5.41, 5.74) is 0. The number of carboxylic acid groups (broad SMARTS) is 1. The molecule has 0 aromatic rings. The molecule has 2 N–H and O–H groups in total. The van der Waals surface area contributed by atoms with E-state index in [0.717, 1.165) is 0 Å². The monoisotopic (exact) mass is 442 g/mol. The number of carboxylic acids is 1. The minimum atomic E-state index is -2.09. The Labute approximate surface area is 181 Å². The number of ether oxygens (including phenoxy) is 1. The summed E-state index contributed by atoms with van der Waals surface area (Å²) in [5.74, 6) is -2.35. The van der Waals surface area contributed by atoms with E-state index in [4.69, 9.17) is 9.16 Å². The van der Waals surface area contributed by atoms with E-state index in [0.29, 0.717) is 19.4 Å². The highest BCUT2D eigenvalue weighted by Gasteiger charge is 2.51. The third kappa shape index (κ3) is 6.56. The zero-order valence-electron chi connectivity index (χ0n) is 19.4. The number of nitrogens with zero attached hydrogens (tertiary/aromatic N) is 1. The first-order chi connectivity index (χ1) is 13.7. The molecule has 0 aromatic heterocycles. The van der Waals surface area contributed by atoms with Gasteiger partial charge in [0.25, 0.3) is 0 Å². The van der Waals surface area contributed by atoms with Gasteiger partial charge in [-0.25, -0.2) is 4.79 Å². The molecule has 0 aromatic carbocycles. The number of carbonyl (C=O) groups excluding carboxylic acids is 2. The Morgan fingerprint density at radius 2 is 1.97 bits per heavy atom. The molecule has 0 saturated carbocycles. The van der Waals surface area contributed by atoms with Gasteiger partial charge in [0.2, 0.25) is 5.91 Å². The molecule has 8 nitrogen and oxygen atoms in total. The van der Waals surface area contributed by atoms with Crippen LogP contribution in [0.5, 0.6) is 0 Å². The molecule has 0 radical (unpaired) electrons. The van der Waals surface area contributed by atoms with Crippen molar-refractivity contribution in [3.05, 3.63) is 12.7 Å². The van der Waals surface area contributed by atoms with Crippen LogP contribution in [0.25, 0.3) is 0 Å². The Morgan fingerprint density at radius 1 is 1.37 bits per heavy atom. The lowest BCUT2D eigenvalue weighted by Gasteiger charge is -2.47. The van der Waals surface area contributed by atoms with E-state index >= 15 is 0 Å². The lowest BCUT2D eigenvalue weighted by Crippen LogP contribution is -2.67. The van der Waals surface area contributed by atoms with Crippen molar-refractivity contribution < 1.29 is 28.7 Å². The summed E-state index contributed by atoms with van der Waals surface area (Å²) in [5, 5.41) is 12.5. The van der Waals surface area contributed by atoms with E-state index in [-0.39, 0.29) is 23.7 Å². The zero-order chi connectivity index (χ0) is 23.3. The van der Waals surface area contributed by atoms with Crippen molar-refractivity contribution in [2.45, 2.75) is 70.8 Å². The van der Waals surface area contributed by atoms with Gasteiger partial charge in [0.1, 0.15) is 6.61 Å². The molecule has 9 heteroatoms. The van der Waals surface area contributed by atoms with Gasteiger partial charge in [-0.2, -0.15) is 0 Å². The fourth-order valence-corrected chi connectivity index (χ4v) is 4.75. The lowest BCUT2D eigenvalue weighted by molar-refractivity contribution is -0.152. The molecular weight excluding hydrogens is 404 g/mol. The summed E-state index contributed by atoms with van der Waals surface area (Å²) in [4.78, 5) is 37.4. The molecule has 30 heavy (non-hydrogen) atoms. The number of amides is 2. The smallest absolute Gasteiger partial charge is 0.409 e. The predicted octanol–water partition coefficient (Wildman–Crippen LogP) is 3.25. The number of carbonyl (C=O) groups is 3. The van der Waals surface area contributed by atoms with Gasteiger partial charge in [0.15, 0.2) is 8.32 Å². The molecule has 1 heterocycles. The normalized spacial score (nSPS) is 21.1. The van der Waals surface area contributed by atoms with Gasteiger partial charge in [-0.05, 0) is 37.9 Å². The van der Waals surface area contributed by atoms with Gasteiger partial charge in [0, 0.05) is 13.6 Å². The van der Waals surface area contributed by atoms with Gasteiger partial charge >= 0.3 is 12.1 Å². The minimum absolute atomic E-state index is 0.00598. The second kappa shape index (κ2) is 10.4. The quantitative estimate of drug-likeness (QED) is 0.289. The van der Waals surface area contributed by atoms with Gasteiger partial charge in [-0.1, -0.05) is 33.4 Å². The number of β-lactam (4-membered cyclic amide) rings is 1. The molecule has 0 bridgehead atoms. The number of hydrogen-bond donors (Lipinski definition) is 2. The summed E-state index contributed by atoms with van der Waals surface area (Å²) >= 11 is 0. The highest BCUT2D eigenvalue weighted by atomic mass is 28.4. The van der Waals surface area contributed by atoms with Gasteiger partial charge in [-0.3, -0.25) is 9.59 Å². The van der Waals surface area contributed by atoms with E-state index in [1.54, 1.807) is 7.05 Å². The van der Waals surface area contributed by atoms with E-state index in [2.05, 4.69) is 45.8 Å². The Bertz CT molecular complexity index is 646. The standard InChI is InChI=1S/C21H38N2O6Si/c1-9-13-28-20(27)23(6)12-10-11-15(19(25)26)17-16(18(24)22-17)14(2)29-30(7,8)21(3,4)5/h9,14-17H,1,10-13H2,2-8H3,(H,22,24)(H,25,26)/t14-,15-,16-,17-/m1/s1.